The molecule has 1 heterocycles. The summed E-state index contributed by atoms with van der Waals surface area (Å²) in [6, 6.07) is 10.8. The van der Waals surface area contributed by atoms with Gasteiger partial charge in [0.05, 0.1) is 11.7 Å². The average Bonchev–Trinajstić information content (AvgIpc) is 2.88. The second-order valence-electron chi connectivity index (χ2n) is 4.77. The zero-order valence-corrected chi connectivity index (χ0v) is 14.1. The molecular formula is C15H21IN4. The van der Waals surface area contributed by atoms with Gasteiger partial charge in [-0.15, -0.1) is 0 Å². The number of aryl methyl sites for hydroxylation is 2. The minimum absolute atomic E-state index is 0.110. The van der Waals surface area contributed by atoms with Crippen LogP contribution >= 0.6 is 22.6 Å². The SMILES string of the molecule is CCc1cc(CC(NN)c2ccc(I)cc2)n(CC)n1. The molecule has 20 heavy (non-hydrogen) atoms. The number of nitrogens with one attached hydrogen (secondary N) is 1. The molecule has 0 saturated heterocycles. The van der Waals surface area contributed by atoms with Gasteiger partial charge >= 0.3 is 0 Å². The first-order valence-electron chi connectivity index (χ1n) is 6.95. The molecule has 0 aliphatic heterocycles. The fourth-order valence-electron chi connectivity index (χ4n) is 2.30. The molecule has 1 unspecified atom stereocenters. The van der Waals surface area contributed by atoms with E-state index in [4.69, 9.17) is 5.84 Å². The van der Waals surface area contributed by atoms with Crippen LogP contribution in [0.5, 0.6) is 0 Å². The molecule has 1 aromatic heterocycles. The molecule has 0 fully saturated rings. The van der Waals surface area contributed by atoms with Gasteiger partial charge in [-0.25, -0.2) is 0 Å². The van der Waals surface area contributed by atoms with E-state index in [9.17, 15) is 0 Å². The van der Waals surface area contributed by atoms with Crippen LogP contribution in [0.15, 0.2) is 30.3 Å². The topological polar surface area (TPSA) is 55.9 Å². The van der Waals surface area contributed by atoms with Crippen LogP contribution in [-0.2, 0) is 19.4 Å². The molecule has 2 rings (SSSR count). The van der Waals surface area contributed by atoms with Gasteiger partial charge in [-0.05, 0) is 59.7 Å². The van der Waals surface area contributed by atoms with Crippen molar-refractivity contribution in [3.8, 4) is 0 Å². The van der Waals surface area contributed by atoms with E-state index in [1.54, 1.807) is 0 Å². The number of hydrogen-bond donors (Lipinski definition) is 2. The average molecular weight is 384 g/mol. The van der Waals surface area contributed by atoms with Crippen LogP contribution in [0.25, 0.3) is 0 Å². The number of nitrogens with two attached hydrogens (primary N) is 1. The third kappa shape index (κ3) is 3.59. The van der Waals surface area contributed by atoms with Crippen molar-refractivity contribution >= 4 is 22.6 Å². The summed E-state index contributed by atoms with van der Waals surface area (Å²) in [7, 11) is 0. The summed E-state index contributed by atoms with van der Waals surface area (Å²) in [4.78, 5) is 0. The van der Waals surface area contributed by atoms with Crippen molar-refractivity contribution in [2.24, 2.45) is 5.84 Å². The summed E-state index contributed by atoms with van der Waals surface area (Å²) in [5.41, 5.74) is 6.49. The maximum Gasteiger partial charge on any atom is 0.0624 e. The zero-order valence-electron chi connectivity index (χ0n) is 11.9. The van der Waals surface area contributed by atoms with Crippen LogP contribution in [0.2, 0.25) is 0 Å². The van der Waals surface area contributed by atoms with Gasteiger partial charge in [0.25, 0.3) is 0 Å². The number of rotatable bonds is 6. The number of aromatic nitrogens is 2. The van der Waals surface area contributed by atoms with E-state index >= 15 is 0 Å². The highest BCUT2D eigenvalue weighted by molar-refractivity contribution is 14.1. The van der Waals surface area contributed by atoms with Crippen LogP contribution in [0.4, 0.5) is 0 Å². The molecule has 0 aliphatic carbocycles. The van der Waals surface area contributed by atoms with Crippen molar-refractivity contribution in [3.63, 3.8) is 0 Å². The predicted molar refractivity (Wildman–Crippen MR) is 90.2 cm³/mol. The third-order valence-corrected chi connectivity index (χ3v) is 4.18. The monoisotopic (exact) mass is 384 g/mol. The molecule has 1 atom stereocenters. The smallest absolute Gasteiger partial charge is 0.0624 e. The van der Waals surface area contributed by atoms with E-state index < -0.39 is 0 Å². The van der Waals surface area contributed by atoms with Crippen LogP contribution in [0.3, 0.4) is 0 Å². The van der Waals surface area contributed by atoms with Gasteiger partial charge in [-0.3, -0.25) is 16.0 Å². The Kier molecular flexibility index (Phi) is 5.56. The van der Waals surface area contributed by atoms with Crippen LogP contribution in [0, 0.1) is 3.57 Å². The van der Waals surface area contributed by atoms with Crippen molar-refractivity contribution in [1.82, 2.24) is 15.2 Å². The number of hydrazine groups is 1. The fraction of sp³-hybridized carbons (Fsp3) is 0.400. The Labute approximate surface area is 133 Å². The first-order chi connectivity index (χ1) is 9.67. The van der Waals surface area contributed by atoms with Gasteiger partial charge in [0, 0.05) is 22.2 Å². The minimum Gasteiger partial charge on any atom is -0.271 e. The normalized spacial score (nSPS) is 12.6. The molecule has 0 amide bonds. The second-order valence-corrected chi connectivity index (χ2v) is 6.02. The number of halogens is 1. The molecule has 2 aromatic rings. The summed E-state index contributed by atoms with van der Waals surface area (Å²) < 4.78 is 3.30. The molecule has 5 heteroatoms. The number of benzene rings is 1. The Morgan fingerprint density at radius 3 is 2.55 bits per heavy atom. The molecule has 1 aromatic carbocycles. The first-order valence-corrected chi connectivity index (χ1v) is 8.03. The van der Waals surface area contributed by atoms with Crippen LogP contribution < -0.4 is 11.3 Å². The van der Waals surface area contributed by atoms with Crippen molar-refractivity contribution in [2.45, 2.75) is 39.3 Å². The van der Waals surface area contributed by atoms with E-state index in [0.29, 0.717) is 0 Å². The molecule has 0 spiro atoms. The molecule has 3 N–H and O–H groups in total. The lowest BCUT2D eigenvalue weighted by atomic mass is 10.0. The Hall–Kier alpha value is -0.920. The molecule has 0 aliphatic rings. The third-order valence-electron chi connectivity index (χ3n) is 3.46. The summed E-state index contributed by atoms with van der Waals surface area (Å²) in [6.45, 7) is 5.13. The summed E-state index contributed by atoms with van der Waals surface area (Å²) >= 11 is 2.31. The highest BCUT2D eigenvalue weighted by atomic mass is 127. The van der Waals surface area contributed by atoms with Gasteiger partial charge < -0.3 is 0 Å². The Balaban J connectivity index is 2.21. The van der Waals surface area contributed by atoms with E-state index in [2.05, 4.69) is 82.0 Å². The largest absolute Gasteiger partial charge is 0.271 e. The van der Waals surface area contributed by atoms with Crippen molar-refractivity contribution in [1.29, 1.82) is 0 Å². The van der Waals surface area contributed by atoms with Crippen molar-refractivity contribution in [3.05, 3.63) is 50.9 Å². The highest BCUT2D eigenvalue weighted by Gasteiger charge is 2.14. The molecule has 4 nitrogen and oxygen atoms in total. The predicted octanol–water partition coefficient (Wildman–Crippen LogP) is 2.82. The van der Waals surface area contributed by atoms with Gasteiger partial charge in [-0.1, -0.05) is 19.1 Å². The molecule has 0 radical (unpaired) electrons. The zero-order chi connectivity index (χ0) is 14.5. The number of hydrogen-bond acceptors (Lipinski definition) is 3. The van der Waals surface area contributed by atoms with E-state index in [0.717, 1.165) is 25.1 Å². The molecule has 108 valence electrons. The quantitative estimate of drug-likeness (QED) is 0.458. The lowest BCUT2D eigenvalue weighted by Gasteiger charge is -2.17. The highest BCUT2D eigenvalue weighted by Crippen LogP contribution is 2.20. The Bertz CT molecular complexity index is 548. The Morgan fingerprint density at radius 1 is 1.30 bits per heavy atom. The van der Waals surface area contributed by atoms with Gasteiger partial charge in [0.15, 0.2) is 0 Å². The molecular weight excluding hydrogens is 363 g/mol. The standard InChI is InChI=1S/C15H21IN4/c1-3-13-9-14(20(4-2)19-13)10-15(18-17)11-5-7-12(16)8-6-11/h5-9,15,18H,3-4,10,17H2,1-2H3. The van der Waals surface area contributed by atoms with E-state index in [1.807, 2.05) is 0 Å². The summed E-state index contributed by atoms with van der Waals surface area (Å²) in [6.07, 6.45) is 1.81. The summed E-state index contributed by atoms with van der Waals surface area (Å²) in [5, 5.41) is 4.59. The van der Waals surface area contributed by atoms with Crippen molar-refractivity contribution in [2.75, 3.05) is 0 Å². The molecule has 0 bridgehead atoms. The lowest BCUT2D eigenvalue weighted by molar-refractivity contribution is 0.516. The van der Waals surface area contributed by atoms with E-state index in [-0.39, 0.29) is 6.04 Å². The van der Waals surface area contributed by atoms with Gasteiger partial charge in [0.1, 0.15) is 0 Å². The first kappa shape index (κ1) is 15.5. The van der Waals surface area contributed by atoms with Gasteiger partial charge in [-0.2, -0.15) is 5.10 Å². The van der Waals surface area contributed by atoms with Crippen molar-refractivity contribution < 1.29 is 0 Å². The van der Waals surface area contributed by atoms with Crippen LogP contribution in [-0.4, -0.2) is 9.78 Å². The summed E-state index contributed by atoms with van der Waals surface area (Å²) in [5.74, 6) is 5.74. The van der Waals surface area contributed by atoms with Crippen LogP contribution in [0.1, 0.15) is 36.8 Å². The van der Waals surface area contributed by atoms with E-state index in [1.165, 1.54) is 14.8 Å². The lowest BCUT2D eigenvalue weighted by Crippen LogP contribution is -2.30. The maximum absolute atomic E-state index is 5.74. The number of nitrogens with zero attached hydrogens (tertiary/aromatic N) is 2. The minimum atomic E-state index is 0.110. The maximum atomic E-state index is 5.74. The Morgan fingerprint density at radius 2 is 2.00 bits per heavy atom. The van der Waals surface area contributed by atoms with Gasteiger partial charge in [0.2, 0.25) is 0 Å². The second kappa shape index (κ2) is 7.19. The fourth-order valence-corrected chi connectivity index (χ4v) is 2.66. The molecule has 0 saturated carbocycles.